The number of rotatable bonds is 8. The molecule has 3 heterocycles. The minimum absolute atomic E-state index is 0.130. The molecule has 7 nitrogen and oxygen atoms in total. The Labute approximate surface area is 165 Å². The summed E-state index contributed by atoms with van der Waals surface area (Å²) in [6.45, 7) is 10.3. The molecule has 1 aliphatic heterocycles. The molecular formula is C19H29N5O2S. The minimum atomic E-state index is 0.130. The Balaban J connectivity index is 1.77. The molecule has 0 atom stereocenters. The average Bonchev–Trinajstić information content (AvgIpc) is 3.32. The largest absolute Gasteiger partial charge is 0.467 e. The zero-order valence-corrected chi connectivity index (χ0v) is 17.2. The van der Waals surface area contributed by atoms with Gasteiger partial charge in [0.15, 0.2) is 5.16 Å². The van der Waals surface area contributed by atoms with Gasteiger partial charge >= 0.3 is 0 Å². The number of amides is 1. The lowest BCUT2D eigenvalue weighted by Crippen LogP contribution is -2.35. The first kappa shape index (κ1) is 19.8. The summed E-state index contributed by atoms with van der Waals surface area (Å²) < 4.78 is 7.62. The number of anilines is 1. The molecule has 27 heavy (non-hydrogen) atoms. The predicted octanol–water partition coefficient (Wildman–Crippen LogP) is 3.12. The Morgan fingerprint density at radius 2 is 2.04 bits per heavy atom. The van der Waals surface area contributed by atoms with Crippen molar-refractivity contribution in [1.29, 1.82) is 0 Å². The molecule has 1 saturated heterocycles. The zero-order valence-electron chi connectivity index (χ0n) is 16.4. The third-order valence-electron chi connectivity index (χ3n) is 5.10. The highest BCUT2D eigenvalue weighted by atomic mass is 32.2. The second-order valence-electron chi connectivity index (χ2n) is 6.97. The lowest BCUT2D eigenvalue weighted by atomic mass is 10.00. The van der Waals surface area contributed by atoms with E-state index in [0.29, 0.717) is 12.3 Å². The van der Waals surface area contributed by atoms with Crippen molar-refractivity contribution in [3.8, 4) is 0 Å². The van der Waals surface area contributed by atoms with Crippen LogP contribution in [-0.2, 0) is 11.3 Å². The zero-order chi connectivity index (χ0) is 19.2. The minimum Gasteiger partial charge on any atom is -0.467 e. The van der Waals surface area contributed by atoms with Crippen LogP contribution in [0.1, 0.15) is 39.4 Å². The van der Waals surface area contributed by atoms with Gasteiger partial charge in [-0.15, -0.1) is 10.2 Å². The van der Waals surface area contributed by atoms with Gasteiger partial charge in [-0.3, -0.25) is 9.36 Å². The molecule has 0 spiro atoms. The van der Waals surface area contributed by atoms with Crippen molar-refractivity contribution in [2.24, 2.45) is 5.92 Å². The SMILES string of the molecule is CCN(CC)C(=O)CSc1nnc(N2CCC(C)CC2)n1Cc1ccco1. The van der Waals surface area contributed by atoms with E-state index in [-0.39, 0.29) is 5.91 Å². The topological polar surface area (TPSA) is 67.4 Å². The number of piperidine rings is 1. The van der Waals surface area contributed by atoms with Gasteiger partial charge in [0.1, 0.15) is 5.76 Å². The number of carbonyl (C=O) groups is 1. The highest BCUT2D eigenvalue weighted by Crippen LogP contribution is 2.27. The van der Waals surface area contributed by atoms with Gasteiger partial charge in [0, 0.05) is 26.2 Å². The molecule has 3 rings (SSSR count). The molecule has 0 saturated carbocycles. The van der Waals surface area contributed by atoms with Crippen LogP contribution < -0.4 is 4.90 Å². The number of aromatic nitrogens is 3. The molecule has 0 aromatic carbocycles. The number of thioether (sulfide) groups is 1. The van der Waals surface area contributed by atoms with Crippen LogP contribution in [0.4, 0.5) is 5.95 Å². The first-order valence-corrected chi connectivity index (χ1v) is 10.7. The fraction of sp³-hybridized carbons (Fsp3) is 0.632. The summed E-state index contributed by atoms with van der Waals surface area (Å²) in [4.78, 5) is 16.5. The normalized spacial score (nSPS) is 15.3. The van der Waals surface area contributed by atoms with Crippen molar-refractivity contribution < 1.29 is 9.21 Å². The molecule has 1 amide bonds. The molecule has 148 valence electrons. The Morgan fingerprint density at radius 3 is 2.67 bits per heavy atom. The van der Waals surface area contributed by atoms with Crippen LogP contribution in [0.3, 0.4) is 0 Å². The van der Waals surface area contributed by atoms with Gasteiger partial charge in [-0.25, -0.2) is 0 Å². The second-order valence-corrected chi connectivity index (χ2v) is 7.91. The first-order chi connectivity index (χ1) is 13.1. The fourth-order valence-electron chi connectivity index (χ4n) is 3.32. The fourth-order valence-corrected chi connectivity index (χ4v) is 4.16. The van der Waals surface area contributed by atoms with E-state index >= 15 is 0 Å². The molecule has 0 radical (unpaired) electrons. The predicted molar refractivity (Wildman–Crippen MR) is 107 cm³/mol. The van der Waals surface area contributed by atoms with Gasteiger partial charge in [0.2, 0.25) is 11.9 Å². The third-order valence-corrected chi connectivity index (χ3v) is 6.05. The molecule has 2 aromatic heterocycles. The Kier molecular flexibility index (Phi) is 6.82. The van der Waals surface area contributed by atoms with E-state index < -0.39 is 0 Å². The van der Waals surface area contributed by atoms with Crippen molar-refractivity contribution in [2.75, 3.05) is 36.8 Å². The summed E-state index contributed by atoms with van der Waals surface area (Å²) in [5.74, 6) is 2.98. The van der Waals surface area contributed by atoms with Gasteiger partial charge in [0.25, 0.3) is 0 Å². The van der Waals surface area contributed by atoms with E-state index in [1.165, 1.54) is 11.8 Å². The molecule has 8 heteroatoms. The van der Waals surface area contributed by atoms with Crippen molar-refractivity contribution in [2.45, 2.75) is 45.3 Å². The van der Waals surface area contributed by atoms with Crippen molar-refractivity contribution in [1.82, 2.24) is 19.7 Å². The summed E-state index contributed by atoms with van der Waals surface area (Å²) in [5.41, 5.74) is 0. The lowest BCUT2D eigenvalue weighted by Gasteiger charge is -2.31. The van der Waals surface area contributed by atoms with Crippen LogP contribution in [0.2, 0.25) is 0 Å². The van der Waals surface area contributed by atoms with Crippen LogP contribution in [0, 0.1) is 5.92 Å². The third kappa shape index (κ3) is 4.86. The van der Waals surface area contributed by atoms with E-state index in [4.69, 9.17) is 4.42 Å². The second kappa shape index (κ2) is 9.30. The lowest BCUT2D eigenvalue weighted by molar-refractivity contribution is -0.127. The Bertz CT molecular complexity index is 719. The molecule has 0 N–H and O–H groups in total. The molecule has 1 aliphatic rings. The van der Waals surface area contributed by atoms with Crippen LogP contribution >= 0.6 is 11.8 Å². The maximum Gasteiger partial charge on any atom is 0.233 e. The number of nitrogens with zero attached hydrogens (tertiary/aromatic N) is 5. The highest BCUT2D eigenvalue weighted by molar-refractivity contribution is 7.99. The standard InChI is InChI=1S/C19H29N5O2S/c1-4-22(5-2)17(25)14-27-19-21-20-18(23-10-8-15(3)9-11-23)24(19)13-16-7-6-12-26-16/h6-7,12,15H,4-5,8-11,13-14H2,1-3H3. The summed E-state index contributed by atoms with van der Waals surface area (Å²) in [7, 11) is 0. The molecular weight excluding hydrogens is 362 g/mol. The maximum absolute atomic E-state index is 12.4. The summed E-state index contributed by atoms with van der Waals surface area (Å²) in [6.07, 6.45) is 4.01. The van der Waals surface area contributed by atoms with Crippen molar-refractivity contribution >= 4 is 23.6 Å². The molecule has 1 fully saturated rings. The van der Waals surface area contributed by atoms with Crippen LogP contribution in [-0.4, -0.2) is 57.5 Å². The van der Waals surface area contributed by atoms with Crippen molar-refractivity contribution in [3.63, 3.8) is 0 Å². The van der Waals surface area contributed by atoms with Crippen LogP contribution in [0.5, 0.6) is 0 Å². The van der Waals surface area contributed by atoms with E-state index in [0.717, 1.165) is 61.8 Å². The van der Waals surface area contributed by atoms with Crippen molar-refractivity contribution in [3.05, 3.63) is 24.2 Å². The molecule has 2 aromatic rings. The molecule has 0 unspecified atom stereocenters. The number of hydrogen-bond donors (Lipinski definition) is 0. The average molecular weight is 392 g/mol. The number of furan rings is 1. The molecule has 0 bridgehead atoms. The van der Waals surface area contributed by atoms with E-state index in [2.05, 4.69) is 26.6 Å². The van der Waals surface area contributed by atoms with Crippen LogP contribution in [0.15, 0.2) is 28.0 Å². The number of hydrogen-bond acceptors (Lipinski definition) is 6. The van der Waals surface area contributed by atoms with E-state index in [9.17, 15) is 4.79 Å². The summed E-state index contributed by atoms with van der Waals surface area (Å²) in [6, 6.07) is 3.84. The van der Waals surface area contributed by atoms with Gasteiger partial charge in [-0.1, -0.05) is 18.7 Å². The highest BCUT2D eigenvalue weighted by Gasteiger charge is 2.24. The summed E-state index contributed by atoms with van der Waals surface area (Å²) in [5, 5.41) is 9.62. The quantitative estimate of drug-likeness (QED) is 0.644. The van der Waals surface area contributed by atoms with Gasteiger partial charge in [0.05, 0.1) is 18.6 Å². The van der Waals surface area contributed by atoms with E-state index in [1.807, 2.05) is 30.9 Å². The molecule has 0 aliphatic carbocycles. The Hall–Kier alpha value is -1.96. The summed E-state index contributed by atoms with van der Waals surface area (Å²) >= 11 is 1.45. The van der Waals surface area contributed by atoms with Crippen LogP contribution in [0.25, 0.3) is 0 Å². The smallest absolute Gasteiger partial charge is 0.233 e. The first-order valence-electron chi connectivity index (χ1n) is 9.73. The Morgan fingerprint density at radius 1 is 1.30 bits per heavy atom. The van der Waals surface area contributed by atoms with Gasteiger partial charge in [-0.2, -0.15) is 0 Å². The van der Waals surface area contributed by atoms with Gasteiger partial charge < -0.3 is 14.2 Å². The monoisotopic (exact) mass is 391 g/mol. The maximum atomic E-state index is 12.4. The van der Waals surface area contributed by atoms with E-state index in [1.54, 1.807) is 6.26 Å². The number of carbonyl (C=O) groups excluding carboxylic acids is 1. The van der Waals surface area contributed by atoms with Gasteiger partial charge in [-0.05, 0) is 44.7 Å².